The third kappa shape index (κ3) is 6.98. The molecular weight excluding hydrogens is 649 g/mol. The number of carbonyl (C=O) groups is 1. The Morgan fingerprint density at radius 2 is 1.33 bits per heavy atom. The first-order valence-electron chi connectivity index (χ1n) is 17.5. The number of ether oxygens (including phenoxy) is 1. The standard InChI is InChI=1S/C44H38N4O2S/c1-3-4-5-6-7-28-8-10-29(11-9-28)40-22-23-41(51-40)38-27-37-26-35-19-18-33(46-35)24-32-16-17-34(45-32)25-36-20-21-39(47-36)42(43(38)48-37)30-12-14-31(15-13-30)44(49)50-2/h8-27,45,48H,3-7H2,1-2H3. The number of carbonyl (C=O) groups excluding carboxylic acids is 1. The Bertz CT molecular complexity index is 2460. The highest BCUT2D eigenvalue weighted by atomic mass is 32.1. The molecule has 0 aliphatic carbocycles. The minimum Gasteiger partial charge on any atom is -0.465 e. The molecule has 0 atom stereocenters. The fraction of sp³-hybridized carbons (Fsp3) is 0.159. The lowest BCUT2D eigenvalue weighted by Gasteiger charge is -2.07. The van der Waals surface area contributed by atoms with Gasteiger partial charge in [-0.05, 0) is 114 Å². The predicted molar refractivity (Wildman–Crippen MR) is 212 cm³/mol. The summed E-state index contributed by atoms with van der Waals surface area (Å²) in [5, 5.41) is 0. The number of hydrogen-bond acceptors (Lipinski definition) is 5. The van der Waals surface area contributed by atoms with Gasteiger partial charge in [0.2, 0.25) is 0 Å². The molecule has 2 aliphatic rings. The van der Waals surface area contributed by atoms with Crippen LogP contribution in [0.4, 0.5) is 0 Å². The number of rotatable bonds is 9. The molecule has 6 aromatic rings. The number of nitrogens with zero attached hydrogens (tertiary/aromatic N) is 2. The third-order valence-electron chi connectivity index (χ3n) is 9.35. The van der Waals surface area contributed by atoms with Crippen LogP contribution in [0.2, 0.25) is 0 Å². The molecule has 2 aliphatic heterocycles. The number of unbranched alkanes of at least 4 members (excludes halogenated alkanes) is 3. The van der Waals surface area contributed by atoms with E-state index in [1.165, 1.54) is 48.8 Å². The Kier molecular flexibility index (Phi) is 9.03. The Morgan fingerprint density at radius 3 is 2.06 bits per heavy atom. The Morgan fingerprint density at radius 1 is 0.667 bits per heavy atom. The number of fused-ring (bicyclic) bond motifs is 8. The monoisotopic (exact) mass is 686 g/mol. The molecule has 0 fully saturated rings. The minimum atomic E-state index is -0.370. The van der Waals surface area contributed by atoms with Gasteiger partial charge in [-0.1, -0.05) is 62.6 Å². The molecule has 252 valence electrons. The van der Waals surface area contributed by atoms with Gasteiger partial charge in [0, 0.05) is 37.4 Å². The molecule has 7 heteroatoms. The minimum absolute atomic E-state index is 0.370. The van der Waals surface area contributed by atoms with Crippen LogP contribution in [0.5, 0.6) is 0 Å². The average molecular weight is 687 g/mol. The van der Waals surface area contributed by atoms with Crippen LogP contribution in [-0.4, -0.2) is 33.0 Å². The first kappa shape index (κ1) is 32.4. The molecule has 4 aromatic heterocycles. The quantitative estimate of drug-likeness (QED) is 0.117. The second-order valence-corrected chi connectivity index (χ2v) is 14.1. The first-order chi connectivity index (χ1) is 25.0. The molecule has 2 aromatic carbocycles. The van der Waals surface area contributed by atoms with Crippen molar-refractivity contribution in [2.45, 2.75) is 39.0 Å². The number of methoxy groups -OCH3 is 1. The average Bonchev–Trinajstić information content (AvgIpc) is 4.01. The number of H-pyrrole nitrogens is 2. The van der Waals surface area contributed by atoms with E-state index in [4.69, 9.17) is 14.7 Å². The number of aromatic nitrogens is 4. The molecule has 2 N–H and O–H groups in total. The summed E-state index contributed by atoms with van der Waals surface area (Å²) in [6.45, 7) is 2.25. The Hall–Kier alpha value is -5.79. The molecule has 51 heavy (non-hydrogen) atoms. The van der Waals surface area contributed by atoms with Gasteiger partial charge >= 0.3 is 5.97 Å². The highest BCUT2D eigenvalue weighted by Crippen LogP contribution is 2.41. The van der Waals surface area contributed by atoms with Gasteiger partial charge < -0.3 is 14.7 Å². The van der Waals surface area contributed by atoms with Crippen LogP contribution in [0.25, 0.3) is 78.4 Å². The summed E-state index contributed by atoms with van der Waals surface area (Å²) in [6.07, 6.45) is 14.4. The largest absolute Gasteiger partial charge is 0.465 e. The van der Waals surface area contributed by atoms with Crippen molar-refractivity contribution in [2.75, 3.05) is 7.11 Å². The van der Waals surface area contributed by atoms with Crippen molar-refractivity contribution >= 4 is 63.7 Å². The third-order valence-corrected chi connectivity index (χ3v) is 10.5. The lowest BCUT2D eigenvalue weighted by molar-refractivity contribution is 0.0600. The van der Waals surface area contributed by atoms with Crippen LogP contribution in [0.3, 0.4) is 0 Å². The number of nitrogens with one attached hydrogen (secondary N) is 2. The molecule has 8 rings (SSSR count). The van der Waals surface area contributed by atoms with Gasteiger partial charge in [0.05, 0.1) is 41.0 Å². The van der Waals surface area contributed by atoms with E-state index in [0.29, 0.717) is 5.56 Å². The van der Waals surface area contributed by atoms with Crippen molar-refractivity contribution in [3.05, 3.63) is 131 Å². The zero-order valence-corrected chi connectivity index (χ0v) is 29.5. The number of aryl methyl sites for hydroxylation is 1. The van der Waals surface area contributed by atoms with E-state index in [1.807, 2.05) is 60.7 Å². The van der Waals surface area contributed by atoms with Gasteiger partial charge in [-0.3, -0.25) is 0 Å². The molecule has 0 radical (unpaired) electrons. The maximum atomic E-state index is 12.4. The summed E-state index contributed by atoms with van der Waals surface area (Å²) in [5.74, 6) is -0.370. The van der Waals surface area contributed by atoms with Gasteiger partial charge in [-0.25, -0.2) is 14.8 Å². The van der Waals surface area contributed by atoms with E-state index in [2.05, 4.69) is 77.6 Å². The summed E-state index contributed by atoms with van der Waals surface area (Å²) in [5.41, 5.74) is 13.3. The van der Waals surface area contributed by atoms with E-state index >= 15 is 0 Å². The molecular formula is C44H38N4O2S. The summed E-state index contributed by atoms with van der Waals surface area (Å²) in [4.78, 5) is 31.9. The fourth-order valence-electron chi connectivity index (χ4n) is 6.71. The SMILES string of the molecule is CCCCCCc1ccc(-c2ccc(-c3cc4cc5nc(cc6ccc(cc7nc(c(-c8ccc(C(=O)OC)cc8)c3[nH]4)C=C7)[nH]6)C=C5)s2)cc1. The van der Waals surface area contributed by atoms with Crippen molar-refractivity contribution in [3.63, 3.8) is 0 Å². The van der Waals surface area contributed by atoms with E-state index < -0.39 is 0 Å². The molecule has 0 unspecified atom stereocenters. The van der Waals surface area contributed by atoms with Gasteiger partial charge in [0.25, 0.3) is 0 Å². The number of esters is 1. The van der Waals surface area contributed by atoms with Crippen molar-refractivity contribution in [3.8, 4) is 32.0 Å². The van der Waals surface area contributed by atoms with Gasteiger partial charge in [-0.15, -0.1) is 11.3 Å². The molecule has 6 nitrogen and oxygen atoms in total. The number of thiophene rings is 1. The molecule has 0 spiro atoms. The predicted octanol–water partition coefficient (Wildman–Crippen LogP) is 11.6. The van der Waals surface area contributed by atoms with E-state index in [-0.39, 0.29) is 5.97 Å². The fourth-order valence-corrected chi connectivity index (χ4v) is 7.75. The first-order valence-corrected chi connectivity index (χ1v) is 18.3. The number of hydrogen-bond donors (Lipinski definition) is 2. The van der Waals surface area contributed by atoms with Crippen molar-refractivity contribution in [1.29, 1.82) is 0 Å². The maximum absolute atomic E-state index is 12.4. The summed E-state index contributed by atoms with van der Waals surface area (Å²) in [7, 11) is 1.40. The summed E-state index contributed by atoms with van der Waals surface area (Å²) >= 11 is 1.78. The zero-order chi connectivity index (χ0) is 34.7. The highest BCUT2D eigenvalue weighted by molar-refractivity contribution is 7.18. The summed E-state index contributed by atoms with van der Waals surface area (Å²) < 4.78 is 4.99. The molecule has 8 bridgehead atoms. The molecule has 6 heterocycles. The smallest absolute Gasteiger partial charge is 0.337 e. The number of benzene rings is 2. The second-order valence-electron chi connectivity index (χ2n) is 13.0. The van der Waals surface area contributed by atoms with Crippen molar-refractivity contribution in [2.24, 2.45) is 0 Å². The van der Waals surface area contributed by atoms with Gasteiger partial charge in [0.1, 0.15) is 0 Å². The van der Waals surface area contributed by atoms with E-state index in [9.17, 15) is 4.79 Å². The Balaban J connectivity index is 1.31. The van der Waals surface area contributed by atoms with Crippen LogP contribution in [0.1, 0.15) is 71.3 Å². The Labute approximate surface area is 301 Å². The van der Waals surface area contributed by atoms with Gasteiger partial charge in [0.15, 0.2) is 0 Å². The van der Waals surface area contributed by atoms with Crippen LogP contribution in [-0.2, 0) is 11.2 Å². The van der Waals surface area contributed by atoms with Crippen LogP contribution in [0, 0.1) is 0 Å². The highest BCUT2D eigenvalue weighted by Gasteiger charge is 2.18. The van der Waals surface area contributed by atoms with Gasteiger partial charge in [-0.2, -0.15) is 0 Å². The molecule has 0 amide bonds. The van der Waals surface area contributed by atoms with Crippen LogP contribution in [0.15, 0.2) is 97.1 Å². The zero-order valence-electron chi connectivity index (χ0n) is 28.7. The topological polar surface area (TPSA) is 83.7 Å². The van der Waals surface area contributed by atoms with Crippen molar-refractivity contribution in [1.82, 2.24) is 19.9 Å². The van der Waals surface area contributed by atoms with Crippen molar-refractivity contribution < 1.29 is 9.53 Å². The summed E-state index contributed by atoms with van der Waals surface area (Å²) in [6, 6.07) is 33.5. The van der Waals surface area contributed by atoms with E-state index in [1.54, 1.807) is 11.3 Å². The number of aromatic amines is 2. The lowest BCUT2D eigenvalue weighted by atomic mass is 10.00. The van der Waals surface area contributed by atoms with E-state index in [0.717, 1.165) is 72.8 Å². The second kappa shape index (κ2) is 14.2. The van der Waals surface area contributed by atoms with Crippen LogP contribution < -0.4 is 0 Å². The maximum Gasteiger partial charge on any atom is 0.337 e. The molecule has 0 saturated carbocycles. The molecule has 0 saturated heterocycles. The lowest BCUT2D eigenvalue weighted by Crippen LogP contribution is -2.00. The normalized spacial score (nSPS) is 12.0. The van der Waals surface area contributed by atoms with Crippen LogP contribution >= 0.6 is 11.3 Å².